The van der Waals surface area contributed by atoms with Gasteiger partial charge in [0.05, 0.1) is 12.1 Å². The topological polar surface area (TPSA) is 29.1 Å². The van der Waals surface area contributed by atoms with Crippen molar-refractivity contribution in [2.45, 2.75) is 6.42 Å². The van der Waals surface area contributed by atoms with E-state index < -0.39 is 0 Å². The minimum Gasteiger partial charge on any atom is -0.325 e. The van der Waals surface area contributed by atoms with Gasteiger partial charge >= 0.3 is 0 Å². The van der Waals surface area contributed by atoms with Crippen molar-refractivity contribution in [3.63, 3.8) is 0 Å². The summed E-state index contributed by atoms with van der Waals surface area (Å²) in [6.07, 6.45) is 0.430. The summed E-state index contributed by atoms with van der Waals surface area (Å²) in [6, 6.07) is 11.5. The molecule has 0 spiro atoms. The standard InChI is InChI=1S/C12H10BrNOS/c13-10-5-1-2-6-11(10)14-12(15)8-9-4-3-7-16-9/h1-7H,8H2,(H,14,15). The lowest BCUT2D eigenvalue weighted by molar-refractivity contribution is -0.115. The lowest BCUT2D eigenvalue weighted by atomic mass is 10.3. The Morgan fingerprint density at radius 3 is 2.75 bits per heavy atom. The normalized spacial score (nSPS) is 10.1. The first-order chi connectivity index (χ1) is 7.75. The number of thiophene rings is 1. The Hall–Kier alpha value is -1.13. The number of hydrogen-bond acceptors (Lipinski definition) is 2. The number of carbonyl (C=O) groups excluding carboxylic acids is 1. The van der Waals surface area contributed by atoms with Crippen LogP contribution in [0.15, 0.2) is 46.3 Å². The van der Waals surface area contributed by atoms with Gasteiger partial charge in [-0.25, -0.2) is 0 Å². The number of anilines is 1. The van der Waals surface area contributed by atoms with Gasteiger partial charge in [-0.1, -0.05) is 18.2 Å². The average Bonchev–Trinajstić information content (AvgIpc) is 2.74. The first-order valence-corrected chi connectivity index (χ1v) is 6.50. The molecule has 1 amide bonds. The minimum absolute atomic E-state index is 0.00866. The van der Waals surface area contributed by atoms with Crippen molar-refractivity contribution in [3.05, 3.63) is 51.1 Å². The van der Waals surface area contributed by atoms with E-state index in [0.717, 1.165) is 15.0 Å². The van der Waals surface area contributed by atoms with Crippen LogP contribution in [0.25, 0.3) is 0 Å². The highest BCUT2D eigenvalue weighted by Gasteiger charge is 2.06. The van der Waals surface area contributed by atoms with E-state index in [0.29, 0.717) is 6.42 Å². The molecule has 0 aliphatic heterocycles. The van der Waals surface area contributed by atoms with Gasteiger partial charge in [0.2, 0.25) is 5.91 Å². The molecule has 0 saturated carbocycles. The fourth-order valence-corrected chi connectivity index (χ4v) is 2.42. The van der Waals surface area contributed by atoms with Crippen molar-refractivity contribution in [2.75, 3.05) is 5.32 Å². The third kappa shape index (κ3) is 2.93. The molecule has 0 saturated heterocycles. The molecule has 82 valence electrons. The van der Waals surface area contributed by atoms with E-state index in [1.807, 2.05) is 41.8 Å². The zero-order valence-corrected chi connectivity index (χ0v) is 10.8. The summed E-state index contributed by atoms with van der Waals surface area (Å²) in [7, 11) is 0. The van der Waals surface area contributed by atoms with Crippen LogP contribution in [0.4, 0.5) is 5.69 Å². The van der Waals surface area contributed by atoms with Crippen LogP contribution in [-0.4, -0.2) is 5.91 Å². The average molecular weight is 296 g/mol. The number of benzene rings is 1. The van der Waals surface area contributed by atoms with Crippen LogP contribution in [0.2, 0.25) is 0 Å². The summed E-state index contributed by atoms with van der Waals surface area (Å²) >= 11 is 4.98. The van der Waals surface area contributed by atoms with E-state index in [1.54, 1.807) is 11.3 Å². The number of amides is 1. The number of halogens is 1. The van der Waals surface area contributed by atoms with Crippen molar-refractivity contribution < 1.29 is 4.79 Å². The largest absolute Gasteiger partial charge is 0.325 e. The van der Waals surface area contributed by atoms with E-state index in [1.165, 1.54) is 0 Å². The number of para-hydroxylation sites is 1. The lowest BCUT2D eigenvalue weighted by Gasteiger charge is -2.05. The predicted octanol–water partition coefficient (Wildman–Crippen LogP) is 3.69. The Labute approximate surface area is 106 Å². The smallest absolute Gasteiger partial charge is 0.229 e. The van der Waals surface area contributed by atoms with Gasteiger partial charge in [-0.3, -0.25) is 4.79 Å². The third-order valence-corrected chi connectivity index (χ3v) is 3.63. The molecular formula is C12H10BrNOS. The van der Waals surface area contributed by atoms with E-state index in [-0.39, 0.29) is 5.91 Å². The molecule has 0 radical (unpaired) electrons. The molecule has 0 fully saturated rings. The van der Waals surface area contributed by atoms with Crippen molar-refractivity contribution in [3.8, 4) is 0 Å². The van der Waals surface area contributed by atoms with Crippen molar-refractivity contribution in [2.24, 2.45) is 0 Å². The lowest BCUT2D eigenvalue weighted by Crippen LogP contribution is -2.13. The molecule has 0 bridgehead atoms. The summed E-state index contributed by atoms with van der Waals surface area (Å²) in [5, 5.41) is 4.84. The van der Waals surface area contributed by atoms with Crippen LogP contribution in [0, 0.1) is 0 Å². The molecule has 0 unspecified atom stereocenters. The van der Waals surface area contributed by atoms with Gasteiger partial charge in [0, 0.05) is 9.35 Å². The summed E-state index contributed by atoms with van der Waals surface area (Å²) < 4.78 is 0.898. The molecule has 2 aromatic rings. The highest BCUT2D eigenvalue weighted by Crippen LogP contribution is 2.21. The van der Waals surface area contributed by atoms with Crippen molar-refractivity contribution in [1.29, 1.82) is 0 Å². The zero-order chi connectivity index (χ0) is 11.4. The van der Waals surface area contributed by atoms with Crippen molar-refractivity contribution >= 4 is 38.9 Å². The Morgan fingerprint density at radius 1 is 1.25 bits per heavy atom. The monoisotopic (exact) mass is 295 g/mol. The molecule has 4 heteroatoms. The molecule has 0 aliphatic rings. The predicted molar refractivity (Wildman–Crippen MR) is 70.8 cm³/mol. The second-order valence-corrected chi connectivity index (χ2v) is 5.17. The molecule has 1 aromatic carbocycles. The number of nitrogens with one attached hydrogen (secondary N) is 1. The highest BCUT2D eigenvalue weighted by molar-refractivity contribution is 9.10. The van der Waals surface area contributed by atoms with E-state index in [9.17, 15) is 4.79 Å². The summed E-state index contributed by atoms with van der Waals surface area (Å²) in [5.41, 5.74) is 0.809. The Morgan fingerprint density at radius 2 is 2.06 bits per heavy atom. The van der Waals surface area contributed by atoms with Crippen LogP contribution < -0.4 is 5.32 Å². The van der Waals surface area contributed by atoms with Gasteiger partial charge in [-0.15, -0.1) is 11.3 Å². The zero-order valence-electron chi connectivity index (χ0n) is 8.44. The van der Waals surface area contributed by atoms with Crippen molar-refractivity contribution in [1.82, 2.24) is 0 Å². The summed E-state index contributed by atoms with van der Waals surface area (Å²) in [5.74, 6) is 0.00866. The van der Waals surface area contributed by atoms with Gasteiger partial charge in [0.1, 0.15) is 0 Å². The SMILES string of the molecule is O=C(Cc1cccs1)Nc1ccccc1Br. The molecule has 1 N–H and O–H groups in total. The third-order valence-electron chi connectivity index (χ3n) is 2.06. The van der Waals surface area contributed by atoms with Crippen LogP contribution in [0.1, 0.15) is 4.88 Å². The van der Waals surface area contributed by atoms with Gasteiger partial charge in [0.25, 0.3) is 0 Å². The maximum atomic E-state index is 11.7. The maximum Gasteiger partial charge on any atom is 0.229 e. The molecule has 0 atom stereocenters. The Bertz CT molecular complexity index is 482. The number of hydrogen-bond donors (Lipinski definition) is 1. The molecule has 16 heavy (non-hydrogen) atoms. The highest BCUT2D eigenvalue weighted by atomic mass is 79.9. The first-order valence-electron chi connectivity index (χ1n) is 4.82. The molecule has 1 heterocycles. The van der Waals surface area contributed by atoms with E-state index >= 15 is 0 Å². The second-order valence-electron chi connectivity index (χ2n) is 3.28. The van der Waals surface area contributed by atoms with Crippen LogP contribution >= 0.6 is 27.3 Å². The molecule has 0 aliphatic carbocycles. The fraction of sp³-hybridized carbons (Fsp3) is 0.0833. The molecule has 2 nitrogen and oxygen atoms in total. The first kappa shape index (κ1) is 11.4. The second kappa shape index (κ2) is 5.27. The van der Waals surface area contributed by atoms with Crippen LogP contribution in [0.5, 0.6) is 0 Å². The number of rotatable bonds is 3. The molecule has 1 aromatic heterocycles. The quantitative estimate of drug-likeness (QED) is 0.919. The van der Waals surface area contributed by atoms with Gasteiger partial charge in [-0.2, -0.15) is 0 Å². The van der Waals surface area contributed by atoms with Crippen LogP contribution in [-0.2, 0) is 11.2 Å². The van der Waals surface area contributed by atoms with E-state index in [2.05, 4.69) is 21.2 Å². The fourth-order valence-electron chi connectivity index (χ4n) is 1.33. The van der Waals surface area contributed by atoms with Gasteiger partial charge in [-0.05, 0) is 39.5 Å². The summed E-state index contributed by atoms with van der Waals surface area (Å²) in [6.45, 7) is 0. The Kier molecular flexibility index (Phi) is 3.74. The van der Waals surface area contributed by atoms with Gasteiger partial charge < -0.3 is 5.32 Å². The molecular weight excluding hydrogens is 286 g/mol. The maximum absolute atomic E-state index is 11.7. The number of carbonyl (C=O) groups is 1. The molecule has 2 rings (SSSR count). The van der Waals surface area contributed by atoms with Gasteiger partial charge in [0.15, 0.2) is 0 Å². The Balaban J connectivity index is 2.00. The van der Waals surface area contributed by atoms with Crippen LogP contribution in [0.3, 0.4) is 0 Å². The summed E-state index contributed by atoms with van der Waals surface area (Å²) in [4.78, 5) is 12.8. The van der Waals surface area contributed by atoms with E-state index in [4.69, 9.17) is 0 Å². The minimum atomic E-state index is 0.00866.